The molecule has 0 saturated heterocycles. The SMILES string of the molecule is O=C(Nc1ccc([N+](=O)[O-])cc1F)C(F)(F)C(F)(F)F. The van der Waals surface area contributed by atoms with Crippen LogP contribution in [0.3, 0.4) is 0 Å². The van der Waals surface area contributed by atoms with Crippen LogP contribution in [0.2, 0.25) is 0 Å². The number of rotatable bonds is 3. The van der Waals surface area contributed by atoms with E-state index >= 15 is 0 Å². The predicted molar refractivity (Wildman–Crippen MR) is 52.7 cm³/mol. The van der Waals surface area contributed by atoms with Crippen molar-refractivity contribution in [3.05, 3.63) is 34.1 Å². The lowest BCUT2D eigenvalue weighted by molar-refractivity contribution is -0.385. The number of hydrogen-bond donors (Lipinski definition) is 1. The Labute approximate surface area is 106 Å². The monoisotopic (exact) mass is 302 g/mol. The van der Waals surface area contributed by atoms with E-state index in [1.165, 1.54) is 0 Å². The van der Waals surface area contributed by atoms with Gasteiger partial charge in [0, 0.05) is 6.07 Å². The second kappa shape index (κ2) is 4.98. The summed E-state index contributed by atoms with van der Waals surface area (Å²) in [5.41, 5.74) is -1.80. The molecule has 1 aromatic rings. The van der Waals surface area contributed by atoms with E-state index in [-0.39, 0.29) is 6.07 Å². The first-order valence-electron chi connectivity index (χ1n) is 4.66. The highest BCUT2D eigenvalue weighted by Gasteiger charge is 2.63. The number of alkyl halides is 5. The molecular weight excluding hydrogens is 298 g/mol. The van der Waals surface area contributed by atoms with E-state index in [1.54, 1.807) is 0 Å². The number of hydrogen-bond acceptors (Lipinski definition) is 3. The Hall–Kier alpha value is -2.33. The van der Waals surface area contributed by atoms with Gasteiger partial charge in [0.05, 0.1) is 16.7 Å². The van der Waals surface area contributed by atoms with Gasteiger partial charge in [0.2, 0.25) is 0 Å². The molecule has 0 aliphatic carbocycles. The van der Waals surface area contributed by atoms with Gasteiger partial charge in [-0.2, -0.15) is 22.0 Å². The molecule has 1 aromatic carbocycles. The van der Waals surface area contributed by atoms with Crippen LogP contribution < -0.4 is 5.32 Å². The third-order valence-corrected chi connectivity index (χ3v) is 2.05. The molecule has 0 heterocycles. The number of nitro groups is 1. The molecule has 1 N–H and O–H groups in total. The van der Waals surface area contributed by atoms with E-state index in [9.17, 15) is 41.3 Å². The van der Waals surface area contributed by atoms with Crippen molar-refractivity contribution in [3.8, 4) is 0 Å². The maximum Gasteiger partial charge on any atom is 0.463 e. The number of anilines is 1. The Kier molecular flexibility index (Phi) is 3.92. The van der Waals surface area contributed by atoms with Crippen LogP contribution >= 0.6 is 0 Å². The Balaban J connectivity index is 3.00. The number of nitrogens with one attached hydrogen (secondary N) is 1. The summed E-state index contributed by atoms with van der Waals surface area (Å²) < 4.78 is 74.0. The average molecular weight is 302 g/mol. The van der Waals surface area contributed by atoms with Crippen molar-refractivity contribution in [1.29, 1.82) is 0 Å². The van der Waals surface area contributed by atoms with Gasteiger partial charge in [-0.3, -0.25) is 14.9 Å². The molecule has 0 fully saturated rings. The summed E-state index contributed by atoms with van der Waals surface area (Å²) in [6, 6.07) is 1.39. The molecule has 0 unspecified atom stereocenters. The molecule has 5 nitrogen and oxygen atoms in total. The van der Waals surface area contributed by atoms with Gasteiger partial charge >= 0.3 is 18.0 Å². The quantitative estimate of drug-likeness (QED) is 0.530. The topological polar surface area (TPSA) is 72.2 Å². The largest absolute Gasteiger partial charge is 0.463 e. The van der Waals surface area contributed by atoms with E-state index in [0.29, 0.717) is 12.1 Å². The molecule has 0 aliphatic rings. The van der Waals surface area contributed by atoms with Gasteiger partial charge in [-0.05, 0) is 6.07 Å². The molecule has 0 bridgehead atoms. The van der Waals surface area contributed by atoms with Gasteiger partial charge in [-0.25, -0.2) is 4.39 Å². The maximum atomic E-state index is 13.2. The number of non-ortho nitro benzene ring substituents is 1. The summed E-state index contributed by atoms with van der Waals surface area (Å²) in [5, 5.41) is 11.3. The number of nitro benzene ring substituents is 1. The number of carbonyl (C=O) groups excluding carboxylic acids is 1. The van der Waals surface area contributed by atoms with Gasteiger partial charge in [0.25, 0.3) is 5.69 Å². The van der Waals surface area contributed by atoms with Crippen molar-refractivity contribution >= 4 is 17.3 Å². The summed E-state index contributed by atoms with van der Waals surface area (Å²) in [5.74, 6) is -10.0. The molecule has 0 atom stereocenters. The van der Waals surface area contributed by atoms with Crippen LogP contribution in [-0.2, 0) is 4.79 Å². The minimum atomic E-state index is -6.14. The number of amides is 1. The number of benzene rings is 1. The third kappa shape index (κ3) is 2.97. The van der Waals surface area contributed by atoms with E-state index in [0.717, 1.165) is 5.32 Å². The van der Waals surface area contributed by atoms with Gasteiger partial charge < -0.3 is 5.32 Å². The number of halogens is 6. The maximum absolute atomic E-state index is 13.2. The first-order valence-corrected chi connectivity index (χ1v) is 4.66. The summed E-state index contributed by atoms with van der Waals surface area (Å²) in [6.45, 7) is 0. The summed E-state index contributed by atoms with van der Waals surface area (Å²) in [7, 11) is 0. The standard InChI is InChI=1S/C9H4F6N2O3/c10-5-3-4(17(19)20)1-2-6(5)16-7(18)8(11,12)9(13,14)15/h1-3H,(H,16,18). The van der Waals surface area contributed by atoms with Crippen LogP contribution in [0.25, 0.3) is 0 Å². The van der Waals surface area contributed by atoms with Crippen LogP contribution in [0.5, 0.6) is 0 Å². The average Bonchev–Trinajstić information content (AvgIpc) is 2.29. The zero-order valence-electron chi connectivity index (χ0n) is 9.17. The Morgan fingerprint density at radius 1 is 1.20 bits per heavy atom. The summed E-state index contributed by atoms with van der Waals surface area (Å²) >= 11 is 0. The first kappa shape index (κ1) is 15.7. The molecule has 0 spiro atoms. The number of carbonyl (C=O) groups is 1. The molecule has 1 amide bonds. The van der Waals surface area contributed by atoms with Crippen LogP contribution in [0, 0.1) is 15.9 Å². The zero-order valence-corrected chi connectivity index (χ0v) is 9.17. The van der Waals surface area contributed by atoms with Gasteiger partial charge in [-0.1, -0.05) is 0 Å². The van der Waals surface area contributed by atoms with Crippen molar-refractivity contribution in [2.45, 2.75) is 12.1 Å². The highest BCUT2D eigenvalue weighted by atomic mass is 19.4. The van der Waals surface area contributed by atoms with Gasteiger partial charge in [0.15, 0.2) is 5.82 Å². The molecule has 20 heavy (non-hydrogen) atoms. The summed E-state index contributed by atoms with van der Waals surface area (Å²) in [4.78, 5) is 20.0. The minimum Gasteiger partial charge on any atom is -0.318 e. The Morgan fingerprint density at radius 2 is 1.75 bits per heavy atom. The van der Waals surface area contributed by atoms with Crippen molar-refractivity contribution < 1.29 is 36.1 Å². The highest BCUT2D eigenvalue weighted by Crippen LogP contribution is 2.36. The third-order valence-electron chi connectivity index (χ3n) is 2.05. The number of nitrogens with zero attached hydrogens (tertiary/aromatic N) is 1. The lowest BCUT2D eigenvalue weighted by Gasteiger charge is -2.18. The molecule has 0 aliphatic heterocycles. The molecular formula is C9H4F6N2O3. The van der Waals surface area contributed by atoms with E-state index < -0.39 is 40.1 Å². The Bertz CT molecular complexity index is 557. The fourth-order valence-corrected chi connectivity index (χ4v) is 1.05. The molecule has 1 rings (SSSR count). The fourth-order valence-electron chi connectivity index (χ4n) is 1.05. The van der Waals surface area contributed by atoms with E-state index in [1.807, 2.05) is 0 Å². The van der Waals surface area contributed by atoms with Crippen molar-refractivity contribution in [3.63, 3.8) is 0 Å². The van der Waals surface area contributed by atoms with Crippen molar-refractivity contribution in [2.24, 2.45) is 0 Å². The second-order valence-electron chi connectivity index (χ2n) is 3.45. The van der Waals surface area contributed by atoms with Crippen LogP contribution in [0.15, 0.2) is 18.2 Å². The van der Waals surface area contributed by atoms with E-state index in [4.69, 9.17) is 0 Å². The normalized spacial score (nSPS) is 12.1. The first-order chi connectivity index (χ1) is 8.96. The fraction of sp³-hybridized carbons (Fsp3) is 0.222. The molecule has 0 aromatic heterocycles. The van der Waals surface area contributed by atoms with Gasteiger partial charge in [0.1, 0.15) is 0 Å². The van der Waals surface area contributed by atoms with Crippen molar-refractivity contribution in [2.75, 3.05) is 5.32 Å². The second-order valence-corrected chi connectivity index (χ2v) is 3.45. The van der Waals surface area contributed by atoms with Crippen molar-refractivity contribution in [1.82, 2.24) is 0 Å². The van der Waals surface area contributed by atoms with Crippen LogP contribution in [0.4, 0.5) is 37.7 Å². The lowest BCUT2D eigenvalue weighted by atomic mass is 10.2. The van der Waals surface area contributed by atoms with E-state index in [2.05, 4.69) is 0 Å². The minimum absolute atomic E-state index is 0.265. The molecule has 0 saturated carbocycles. The molecule has 11 heteroatoms. The molecule has 0 radical (unpaired) electrons. The Morgan fingerprint density at radius 3 is 2.15 bits per heavy atom. The smallest absolute Gasteiger partial charge is 0.318 e. The lowest BCUT2D eigenvalue weighted by Crippen LogP contribution is -2.47. The predicted octanol–water partition coefficient (Wildman–Crippen LogP) is 2.87. The molecule has 110 valence electrons. The van der Waals surface area contributed by atoms with Crippen LogP contribution in [-0.4, -0.2) is 22.9 Å². The zero-order chi connectivity index (χ0) is 15.7. The van der Waals surface area contributed by atoms with Crippen LogP contribution in [0.1, 0.15) is 0 Å². The van der Waals surface area contributed by atoms with Gasteiger partial charge in [-0.15, -0.1) is 0 Å². The summed E-state index contributed by atoms with van der Waals surface area (Å²) in [6.07, 6.45) is -6.14. The highest BCUT2D eigenvalue weighted by molar-refractivity contribution is 5.96.